The molecule has 34 heavy (non-hydrogen) atoms. The lowest BCUT2D eigenvalue weighted by atomic mass is 10.1. The maximum absolute atomic E-state index is 12.9. The van der Waals surface area contributed by atoms with Gasteiger partial charge < -0.3 is 19.9 Å². The number of nitrogens with one attached hydrogen (secondary N) is 2. The molecular weight excluding hydrogens is 448 g/mol. The first-order valence-corrected chi connectivity index (χ1v) is 11.9. The topological polar surface area (TPSA) is 70.2 Å². The van der Waals surface area contributed by atoms with Gasteiger partial charge in [0.05, 0.1) is 23.2 Å². The number of carbonyl (C=O) groups is 1. The second-order valence-electron chi connectivity index (χ2n) is 8.07. The zero-order chi connectivity index (χ0) is 24.1. The summed E-state index contributed by atoms with van der Waals surface area (Å²) < 4.78 is 5.86. The maximum atomic E-state index is 12.9. The van der Waals surface area contributed by atoms with Gasteiger partial charge in [0.1, 0.15) is 11.6 Å². The lowest BCUT2D eigenvalue weighted by molar-refractivity contribution is 0.0954. The Morgan fingerprint density at radius 2 is 1.97 bits per heavy atom. The van der Waals surface area contributed by atoms with E-state index in [0.717, 1.165) is 35.4 Å². The van der Waals surface area contributed by atoms with E-state index in [-0.39, 0.29) is 5.91 Å². The summed E-state index contributed by atoms with van der Waals surface area (Å²) in [6.45, 7) is 8.72. The number of imidazole rings is 1. The van der Waals surface area contributed by atoms with Gasteiger partial charge in [-0.05, 0) is 74.9 Å². The van der Waals surface area contributed by atoms with Crippen LogP contribution in [0.5, 0.6) is 5.75 Å². The van der Waals surface area contributed by atoms with Crippen molar-refractivity contribution in [3.8, 4) is 17.1 Å². The summed E-state index contributed by atoms with van der Waals surface area (Å²) in [6, 6.07) is 19.3. The minimum absolute atomic E-state index is 0.135. The molecule has 2 N–H and O–H groups in total. The molecule has 0 spiro atoms. The van der Waals surface area contributed by atoms with Crippen molar-refractivity contribution in [1.29, 1.82) is 0 Å². The number of benzene rings is 3. The van der Waals surface area contributed by atoms with E-state index in [1.54, 1.807) is 12.1 Å². The number of amides is 1. The summed E-state index contributed by atoms with van der Waals surface area (Å²) in [5.41, 5.74) is 5.38. The van der Waals surface area contributed by atoms with Crippen LogP contribution in [0.4, 0.5) is 5.69 Å². The first kappa shape index (κ1) is 23.6. The molecule has 0 aliphatic rings. The summed E-state index contributed by atoms with van der Waals surface area (Å²) in [4.78, 5) is 23.1. The van der Waals surface area contributed by atoms with Gasteiger partial charge in [0.15, 0.2) is 0 Å². The van der Waals surface area contributed by atoms with Gasteiger partial charge in [0, 0.05) is 35.9 Å². The Balaban J connectivity index is 1.48. The fraction of sp³-hybridized carbons (Fsp3) is 0.259. The van der Waals surface area contributed by atoms with Crippen LogP contribution in [0, 0.1) is 6.92 Å². The highest BCUT2D eigenvalue weighted by molar-refractivity contribution is 6.31. The number of ether oxygens (including phenoxy) is 1. The van der Waals surface area contributed by atoms with Crippen molar-refractivity contribution in [2.75, 3.05) is 31.1 Å². The summed E-state index contributed by atoms with van der Waals surface area (Å²) >= 11 is 6.10. The van der Waals surface area contributed by atoms with Crippen LogP contribution in [0.3, 0.4) is 0 Å². The lowest BCUT2D eigenvalue weighted by Crippen LogP contribution is -2.35. The van der Waals surface area contributed by atoms with E-state index in [1.165, 1.54) is 5.56 Å². The second-order valence-corrected chi connectivity index (χ2v) is 8.50. The highest BCUT2D eigenvalue weighted by Crippen LogP contribution is 2.31. The number of anilines is 1. The molecule has 0 saturated heterocycles. The van der Waals surface area contributed by atoms with Crippen LogP contribution < -0.4 is 15.0 Å². The molecule has 0 saturated carbocycles. The summed E-state index contributed by atoms with van der Waals surface area (Å²) in [5.74, 6) is 1.14. The van der Waals surface area contributed by atoms with Crippen molar-refractivity contribution in [2.24, 2.45) is 0 Å². The number of hydrogen-bond acceptors (Lipinski definition) is 4. The quantitative estimate of drug-likeness (QED) is 0.318. The van der Waals surface area contributed by atoms with Crippen molar-refractivity contribution in [2.45, 2.75) is 20.8 Å². The molecule has 0 atom stereocenters. The van der Waals surface area contributed by atoms with Gasteiger partial charge in [-0.2, -0.15) is 0 Å². The molecule has 0 aliphatic heterocycles. The Labute approximate surface area is 204 Å². The first-order valence-electron chi connectivity index (χ1n) is 11.5. The molecule has 0 aliphatic carbocycles. The Hall–Kier alpha value is -3.51. The number of rotatable bonds is 9. The van der Waals surface area contributed by atoms with Crippen LogP contribution in [0.1, 0.15) is 29.8 Å². The molecule has 4 aromatic rings. The van der Waals surface area contributed by atoms with Crippen molar-refractivity contribution in [3.05, 3.63) is 76.8 Å². The Morgan fingerprint density at radius 1 is 1.12 bits per heavy atom. The molecule has 3 aromatic carbocycles. The van der Waals surface area contributed by atoms with Gasteiger partial charge in [0.2, 0.25) is 0 Å². The normalized spacial score (nSPS) is 10.9. The summed E-state index contributed by atoms with van der Waals surface area (Å²) in [5, 5.41) is 3.67. The molecule has 1 heterocycles. The van der Waals surface area contributed by atoms with E-state index >= 15 is 0 Å². The molecule has 1 amide bonds. The first-order chi connectivity index (χ1) is 16.5. The Morgan fingerprint density at radius 3 is 2.74 bits per heavy atom. The standard InChI is InChI=1S/C27H29ClN4O2/c1-4-32(21-8-6-7-18(3)15-21)14-13-29-27(33)19-9-11-22(25(16-19)34-5-2)26-30-23-12-10-20(28)17-24(23)31-26/h6-12,15-17H,4-5,13-14H2,1-3H3,(H,29,33)(H,30,31). The van der Waals surface area contributed by atoms with E-state index in [2.05, 4.69) is 58.3 Å². The van der Waals surface area contributed by atoms with Crippen molar-refractivity contribution in [3.63, 3.8) is 0 Å². The number of aromatic nitrogens is 2. The molecule has 0 bridgehead atoms. The highest BCUT2D eigenvalue weighted by Gasteiger charge is 2.15. The van der Waals surface area contributed by atoms with Crippen LogP contribution in [-0.2, 0) is 0 Å². The van der Waals surface area contributed by atoms with E-state index in [0.29, 0.717) is 35.3 Å². The Kier molecular flexibility index (Phi) is 7.38. The minimum atomic E-state index is -0.135. The molecule has 0 radical (unpaired) electrons. The maximum Gasteiger partial charge on any atom is 0.251 e. The smallest absolute Gasteiger partial charge is 0.251 e. The SMILES string of the molecule is CCOc1cc(C(=O)NCCN(CC)c2cccc(C)c2)ccc1-c1nc2ccc(Cl)cc2[nH]1. The zero-order valence-corrected chi connectivity index (χ0v) is 20.4. The number of nitrogens with zero attached hydrogens (tertiary/aromatic N) is 2. The number of H-pyrrole nitrogens is 1. The summed E-state index contributed by atoms with van der Waals surface area (Å²) in [7, 11) is 0. The third-order valence-corrected chi connectivity index (χ3v) is 5.89. The van der Waals surface area contributed by atoms with E-state index in [1.807, 2.05) is 31.2 Å². The molecular formula is C27H29ClN4O2. The van der Waals surface area contributed by atoms with Gasteiger partial charge in [0.25, 0.3) is 5.91 Å². The summed E-state index contributed by atoms with van der Waals surface area (Å²) in [6.07, 6.45) is 0. The third kappa shape index (κ3) is 5.34. The van der Waals surface area contributed by atoms with Gasteiger partial charge in [-0.3, -0.25) is 4.79 Å². The molecule has 6 nitrogen and oxygen atoms in total. The minimum Gasteiger partial charge on any atom is -0.493 e. The third-order valence-electron chi connectivity index (χ3n) is 5.66. The predicted octanol–water partition coefficient (Wildman–Crippen LogP) is 5.85. The lowest BCUT2D eigenvalue weighted by Gasteiger charge is -2.23. The van der Waals surface area contributed by atoms with E-state index < -0.39 is 0 Å². The number of aryl methyl sites for hydroxylation is 1. The number of hydrogen-bond donors (Lipinski definition) is 2. The Bertz CT molecular complexity index is 1300. The number of halogens is 1. The van der Waals surface area contributed by atoms with Crippen LogP contribution in [0.2, 0.25) is 5.02 Å². The van der Waals surface area contributed by atoms with Crippen molar-refractivity contribution in [1.82, 2.24) is 15.3 Å². The number of likely N-dealkylation sites (N-methyl/N-ethyl adjacent to an activating group) is 1. The molecule has 0 fully saturated rings. The van der Waals surface area contributed by atoms with Crippen LogP contribution in [-0.4, -0.2) is 42.1 Å². The fourth-order valence-electron chi connectivity index (χ4n) is 3.94. The predicted molar refractivity (Wildman–Crippen MR) is 139 cm³/mol. The second kappa shape index (κ2) is 10.6. The van der Waals surface area contributed by atoms with Gasteiger partial charge >= 0.3 is 0 Å². The molecule has 0 unspecified atom stereocenters. The van der Waals surface area contributed by atoms with Crippen LogP contribution in [0.25, 0.3) is 22.4 Å². The average molecular weight is 477 g/mol. The monoisotopic (exact) mass is 476 g/mol. The number of carbonyl (C=O) groups excluding carboxylic acids is 1. The number of aromatic amines is 1. The highest BCUT2D eigenvalue weighted by atomic mass is 35.5. The molecule has 1 aromatic heterocycles. The fourth-order valence-corrected chi connectivity index (χ4v) is 4.12. The van der Waals surface area contributed by atoms with Crippen molar-refractivity contribution < 1.29 is 9.53 Å². The zero-order valence-electron chi connectivity index (χ0n) is 19.7. The van der Waals surface area contributed by atoms with Gasteiger partial charge in [-0.15, -0.1) is 0 Å². The van der Waals surface area contributed by atoms with E-state index in [4.69, 9.17) is 16.3 Å². The number of fused-ring (bicyclic) bond motifs is 1. The molecule has 7 heteroatoms. The van der Waals surface area contributed by atoms with Crippen LogP contribution >= 0.6 is 11.6 Å². The molecule has 4 rings (SSSR count). The van der Waals surface area contributed by atoms with Crippen molar-refractivity contribution >= 4 is 34.2 Å². The largest absolute Gasteiger partial charge is 0.493 e. The van der Waals surface area contributed by atoms with Gasteiger partial charge in [-0.25, -0.2) is 4.98 Å². The van der Waals surface area contributed by atoms with Gasteiger partial charge in [-0.1, -0.05) is 23.7 Å². The van der Waals surface area contributed by atoms with E-state index in [9.17, 15) is 4.79 Å². The molecule has 176 valence electrons. The van der Waals surface area contributed by atoms with Crippen LogP contribution in [0.15, 0.2) is 60.7 Å². The average Bonchev–Trinajstić information content (AvgIpc) is 3.25.